The number of fused-ring (bicyclic) bond motifs is 1. The maximum absolute atomic E-state index is 13.0. The van der Waals surface area contributed by atoms with Crippen molar-refractivity contribution in [2.45, 2.75) is 38.5 Å². The van der Waals surface area contributed by atoms with Gasteiger partial charge in [-0.1, -0.05) is 0 Å². The molecule has 1 fully saturated rings. The number of likely N-dealkylation sites (tertiary alicyclic amines) is 1. The van der Waals surface area contributed by atoms with E-state index in [1.165, 1.54) is 11.1 Å². The van der Waals surface area contributed by atoms with Crippen molar-refractivity contribution >= 4 is 11.8 Å². The van der Waals surface area contributed by atoms with E-state index in [1.54, 1.807) is 30.2 Å². The van der Waals surface area contributed by atoms with Crippen LogP contribution in [0.25, 0.3) is 0 Å². The number of phenols is 1. The first-order valence-electron chi connectivity index (χ1n) is 10.4. The van der Waals surface area contributed by atoms with Gasteiger partial charge in [0.2, 0.25) is 0 Å². The van der Waals surface area contributed by atoms with Crippen molar-refractivity contribution < 1.29 is 14.7 Å². The van der Waals surface area contributed by atoms with E-state index in [0.29, 0.717) is 36.7 Å². The number of hydrogen-bond donors (Lipinski definition) is 2. The average Bonchev–Trinajstić information content (AvgIpc) is 3.18. The maximum atomic E-state index is 13.0. The smallest absolute Gasteiger partial charge is 0.257 e. The molecule has 2 aliphatic rings. The third kappa shape index (κ3) is 4.28. The van der Waals surface area contributed by atoms with Crippen LogP contribution in [-0.2, 0) is 19.9 Å². The first kappa shape index (κ1) is 19.5. The van der Waals surface area contributed by atoms with E-state index in [1.807, 2.05) is 11.0 Å². The SMILES string of the molecule is Cn1cc(C(=O)NCC2CCN(C(=O)c3cc4c(cc3O)CCCC4)CC2)cn1. The number of carbonyl (C=O) groups excluding carboxylic acids is 2. The third-order valence-corrected chi connectivity index (χ3v) is 6.11. The molecule has 2 aromatic rings. The monoisotopic (exact) mass is 396 g/mol. The van der Waals surface area contributed by atoms with Gasteiger partial charge in [0, 0.05) is 32.9 Å². The van der Waals surface area contributed by atoms with Crippen molar-refractivity contribution in [3.05, 3.63) is 46.8 Å². The minimum Gasteiger partial charge on any atom is -0.507 e. The summed E-state index contributed by atoms with van der Waals surface area (Å²) in [6, 6.07) is 3.68. The predicted octanol–water partition coefficient (Wildman–Crippen LogP) is 2.29. The first-order valence-corrected chi connectivity index (χ1v) is 10.4. The summed E-state index contributed by atoms with van der Waals surface area (Å²) < 4.78 is 1.61. The minimum absolute atomic E-state index is 0.0891. The van der Waals surface area contributed by atoms with Crippen molar-refractivity contribution in [2.75, 3.05) is 19.6 Å². The molecule has 7 heteroatoms. The molecule has 2 N–H and O–H groups in total. The average molecular weight is 396 g/mol. The van der Waals surface area contributed by atoms with E-state index in [-0.39, 0.29) is 17.6 Å². The summed E-state index contributed by atoms with van der Waals surface area (Å²) in [5.74, 6) is 0.239. The molecular weight excluding hydrogens is 368 g/mol. The Bertz CT molecular complexity index is 913. The van der Waals surface area contributed by atoms with Crippen LogP contribution in [-0.4, -0.2) is 51.2 Å². The standard InChI is InChI=1S/C22H28N4O3/c1-25-14-18(13-24-25)21(28)23-12-15-6-8-26(9-7-15)22(29)19-10-16-4-2-3-5-17(16)11-20(19)27/h10-11,13-15,27H,2-9,12H2,1H3,(H,23,28). The highest BCUT2D eigenvalue weighted by Gasteiger charge is 2.26. The topological polar surface area (TPSA) is 87.5 Å². The van der Waals surface area contributed by atoms with E-state index in [4.69, 9.17) is 0 Å². The van der Waals surface area contributed by atoms with Gasteiger partial charge in [0.25, 0.3) is 11.8 Å². The number of phenolic OH excluding ortho intramolecular Hbond substituents is 1. The van der Waals surface area contributed by atoms with Crippen LogP contribution in [0.5, 0.6) is 5.75 Å². The summed E-state index contributed by atoms with van der Waals surface area (Å²) in [7, 11) is 1.78. The number of nitrogens with one attached hydrogen (secondary N) is 1. The van der Waals surface area contributed by atoms with Crippen LogP contribution in [0.15, 0.2) is 24.5 Å². The van der Waals surface area contributed by atoms with Gasteiger partial charge in [0.05, 0.1) is 17.3 Å². The molecule has 1 saturated heterocycles. The summed E-state index contributed by atoms with van der Waals surface area (Å²) in [4.78, 5) is 26.9. The number of aryl methyl sites for hydroxylation is 3. The van der Waals surface area contributed by atoms with Gasteiger partial charge in [0.1, 0.15) is 5.75 Å². The molecule has 1 aromatic heterocycles. The van der Waals surface area contributed by atoms with E-state index in [2.05, 4.69) is 10.4 Å². The van der Waals surface area contributed by atoms with Gasteiger partial charge in [-0.2, -0.15) is 5.10 Å². The van der Waals surface area contributed by atoms with Crippen LogP contribution in [0.2, 0.25) is 0 Å². The molecule has 1 aliphatic carbocycles. The number of aromatic hydroxyl groups is 1. The zero-order chi connectivity index (χ0) is 20.4. The van der Waals surface area contributed by atoms with Crippen molar-refractivity contribution in [2.24, 2.45) is 13.0 Å². The molecule has 1 aliphatic heterocycles. The highest BCUT2D eigenvalue weighted by atomic mass is 16.3. The number of benzene rings is 1. The van der Waals surface area contributed by atoms with Crippen LogP contribution >= 0.6 is 0 Å². The first-order chi connectivity index (χ1) is 14.0. The molecule has 0 radical (unpaired) electrons. The van der Waals surface area contributed by atoms with E-state index < -0.39 is 0 Å². The number of piperidine rings is 1. The molecule has 0 bridgehead atoms. The summed E-state index contributed by atoms with van der Waals surface area (Å²) >= 11 is 0. The number of amides is 2. The lowest BCUT2D eigenvalue weighted by Gasteiger charge is -2.32. The molecule has 7 nitrogen and oxygen atoms in total. The van der Waals surface area contributed by atoms with Gasteiger partial charge in [-0.15, -0.1) is 0 Å². The van der Waals surface area contributed by atoms with Gasteiger partial charge in [-0.3, -0.25) is 14.3 Å². The predicted molar refractivity (Wildman–Crippen MR) is 109 cm³/mol. The minimum atomic E-state index is -0.115. The van der Waals surface area contributed by atoms with Crippen LogP contribution in [0.4, 0.5) is 0 Å². The molecule has 1 aromatic carbocycles. The molecule has 0 saturated carbocycles. The Morgan fingerprint density at radius 3 is 2.52 bits per heavy atom. The quantitative estimate of drug-likeness (QED) is 0.830. The Hall–Kier alpha value is -2.83. The van der Waals surface area contributed by atoms with E-state index in [0.717, 1.165) is 38.5 Å². The molecule has 0 spiro atoms. The Kier molecular flexibility index (Phi) is 5.56. The Labute approximate surface area is 170 Å². The zero-order valence-corrected chi connectivity index (χ0v) is 16.9. The maximum Gasteiger partial charge on any atom is 0.257 e. The lowest BCUT2D eigenvalue weighted by Crippen LogP contribution is -2.41. The summed E-state index contributed by atoms with van der Waals surface area (Å²) in [6.45, 7) is 1.88. The fourth-order valence-electron chi connectivity index (χ4n) is 4.33. The second-order valence-corrected chi connectivity index (χ2v) is 8.19. The Morgan fingerprint density at radius 1 is 1.17 bits per heavy atom. The second kappa shape index (κ2) is 8.27. The molecule has 154 valence electrons. The molecule has 2 heterocycles. The van der Waals surface area contributed by atoms with Crippen molar-refractivity contribution in [3.63, 3.8) is 0 Å². The van der Waals surface area contributed by atoms with Crippen molar-refractivity contribution in [1.82, 2.24) is 20.0 Å². The molecule has 4 rings (SSSR count). The van der Waals surface area contributed by atoms with Gasteiger partial charge < -0.3 is 15.3 Å². The normalized spacial score (nSPS) is 17.1. The number of hydrogen-bond acceptors (Lipinski definition) is 4. The van der Waals surface area contributed by atoms with Gasteiger partial charge in [0.15, 0.2) is 0 Å². The van der Waals surface area contributed by atoms with Crippen LogP contribution in [0.3, 0.4) is 0 Å². The fraction of sp³-hybridized carbons (Fsp3) is 0.500. The number of rotatable bonds is 4. The van der Waals surface area contributed by atoms with Gasteiger partial charge in [-0.25, -0.2) is 0 Å². The molecule has 0 unspecified atom stereocenters. The lowest BCUT2D eigenvalue weighted by molar-refractivity contribution is 0.0681. The summed E-state index contributed by atoms with van der Waals surface area (Å²) in [5, 5.41) is 17.4. The van der Waals surface area contributed by atoms with Crippen LogP contribution < -0.4 is 5.32 Å². The Balaban J connectivity index is 1.31. The number of carbonyl (C=O) groups is 2. The van der Waals surface area contributed by atoms with Crippen LogP contribution in [0, 0.1) is 5.92 Å². The third-order valence-electron chi connectivity index (χ3n) is 6.11. The number of nitrogens with zero attached hydrogens (tertiary/aromatic N) is 3. The largest absolute Gasteiger partial charge is 0.507 e. The summed E-state index contributed by atoms with van der Waals surface area (Å²) in [6.07, 6.45) is 9.17. The second-order valence-electron chi connectivity index (χ2n) is 8.19. The van der Waals surface area contributed by atoms with Crippen molar-refractivity contribution in [1.29, 1.82) is 0 Å². The summed E-state index contributed by atoms with van der Waals surface area (Å²) in [5.41, 5.74) is 3.36. The van der Waals surface area contributed by atoms with Crippen LogP contribution in [0.1, 0.15) is 57.5 Å². The highest BCUT2D eigenvalue weighted by Crippen LogP contribution is 2.30. The molecule has 2 amide bonds. The van der Waals surface area contributed by atoms with Crippen molar-refractivity contribution in [3.8, 4) is 5.75 Å². The molecular formula is C22H28N4O3. The lowest BCUT2D eigenvalue weighted by atomic mass is 9.89. The van der Waals surface area contributed by atoms with E-state index in [9.17, 15) is 14.7 Å². The van der Waals surface area contributed by atoms with E-state index >= 15 is 0 Å². The van der Waals surface area contributed by atoms with Gasteiger partial charge >= 0.3 is 0 Å². The van der Waals surface area contributed by atoms with Gasteiger partial charge in [-0.05, 0) is 67.7 Å². The Morgan fingerprint density at radius 2 is 1.86 bits per heavy atom. The zero-order valence-electron chi connectivity index (χ0n) is 16.9. The molecule has 29 heavy (non-hydrogen) atoms. The fourth-order valence-corrected chi connectivity index (χ4v) is 4.33. The molecule has 0 atom stereocenters. The highest BCUT2D eigenvalue weighted by molar-refractivity contribution is 5.97. The number of aromatic nitrogens is 2.